The van der Waals surface area contributed by atoms with Gasteiger partial charge in [0.25, 0.3) is 0 Å². The summed E-state index contributed by atoms with van der Waals surface area (Å²) in [6.45, 7) is 19.2. The summed E-state index contributed by atoms with van der Waals surface area (Å²) in [6, 6.07) is 3.80. The lowest BCUT2D eigenvalue weighted by molar-refractivity contribution is -0.125. The molecule has 0 bridgehead atoms. The molecule has 0 saturated carbocycles. The number of nitrogens with zero attached hydrogens (tertiary/aromatic N) is 1. The van der Waals surface area contributed by atoms with Crippen molar-refractivity contribution in [2.75, 3.05) is 11.5 Å². The highest BCUT2D eigenvalue weighted by Gasteiger charge is 2.54. The van der Waals surface area contributed by atoms with E-state index in [2.05, 4.69) is 49.8 Å². The number of imide groups is 1. The Balaban J connectivity index is 2.24. The van der Waals surface area contributed by atoms with E-state index in [-0.39, 0.29) is 22.8 Å². The van der Waals surface area contributed by atoms with Gasteiger partial charge in [0.2, 0.25) is 11.8 Å². The second-order valence-corrected chi connectivity index (χ2v) is 15.6. The zero-order valence-corrected chi connectivity index (χ0v) is 21.3. The predicted molar refractivity (Wildman–Crippen MR) is 121 cm³/mol. The van der Waals surface area contributed by atoms with Crippen LogP contribution in [-0.4, -0.2) is 26.7 Å². The molecule has 0 aromatic heterocycles. The van der Waals surface area contributed by atoms with Gasteiger partial charge in [0.1, 0.15) is 0 Å². The van der Waals surface area contributed by atoms with E-state index < -0.39 is 13.7 Å². The first-order valence-corrected chi connectivity index (χ1v) is 13.6. The lowest BCUT2D eigenvalue weighted by Crippen LogP contribution is -2.41. The summed E-state index contributed by atoms with van der Waals surface area (Å²) in [6.07, 6.45) is 0.565. The lowest BCUT2D eigenvalue weighted by atomic mass is 9.79. The molecule has 0 N–H and O–H groups in total. The fourth-order valence-corrected chi connectivity index (χ4v) is 4.72. The summed E-state index contributed by atoms with van der Waals surface area (Å²) in [5, 5.41) is 0.122. The summed E-state index contributed by atoms with van der Waals surface area (Å²) >= 11 is 3.55. The monoisotopic (exact) mass is 467 g/mol. The summed E-state index contributed by atoms with van der Waals surface area (Å²) in [5.41, 5.74) is 1.95. The molecule has 28 heavy (non-hydrogen) atoms. The minimum atomic E-state index is -1.88. The van der Waals surface area contributed by atoms with Crippen molar-refractivity contribution in [3.63, 3.8) is 0 Å². The van der Waals surface area contributed by atoms with Crippen LogP contribution in [0.1, 0.15) is 52.2 Å². The van der Waals surface area contributed by atoms with Crippen molar-refractivity contribution in [1.82, 2.24) is 0 Å². The number of carbonyl (C=O) groups excluding carboxylic acids is 2. The Morgan fingerprint density at radius 2 is 1.64 bits per heavy atom. The standard InChI is InChI=1S/C22H34BrNO3Si/c1-14-12-16(13-15(2)18(14)23)24-19(25)17(22(6,7)20(24)26)10-11-27-28(8,9)21(3,4)5/h12-13,17H,10-11H2,1-9H3. The smallest absolute Gasteiger partial charge is 0.240 e. The Morgan fingerprint density at radius 3 is 2.11 bits per heavy atom. The Bertz CT molecular complexity index is 772. The molecule has 2 amide bonds. The quantitative estimate of drug-likeness (QED) is 0.394. The number of carbonyl (C=O) groups is 2. The van der Waals surface area contributed by atoms with Gasteiger partial charge < -0.3 is 4.43 Å². The largest absolute Gasteiger partial charge is 0.417 e. The topological polar surface area (TPSA) is 46.6 Å². The van der Waals surface area contributed by atoms with Crippen molar-refractivity contribution in [2.45, 2.75) is 73.0 Å². The molecular weight excluding hydrogens is 434 g/mol. The molecular formula is C22H34BrNO3Si. The Kier molecular flexibility index (Phi) is 6.40. The molecule has 156 valence electrons. The third-order valence-electron chi connectivity index (χ3n) is 6.50. The summed E-state index contributed by atoms with van der Waals surface area (Å²) < 4.78 is 7.29. The molecule has 1 saturated heterocycles. The normalized spacial score (nSPS) is 20.2. The number of halogens is 1. The fourth-order valence-electron chi connectivity index (χ4n) is 3.43. The SMILES string of the molecule is Cc1cc(N2C(=O)C(CCO[Si](C)(C)C(C)(C)C)C(C)(C)C2=O)cc(C)c1Br. The molecule has 0 radical (unpaired) electrons. The van der Waals surface area contributed by atoms with Crippen LogP contribution in [0.25, 0.3) is 0 Å². The maximum Gasteiger partial charge on any atom is 0.240 e. The number of rotatable bonds is 5. The number of hydrogen-bond acceptors (Lipinski definition) is 3. The number of aryl methyl sites for hydroxylation is 2. The van der Waals surface area contributed by atoms with Gasteiger partial charge in [0.05, 0.1) is 17.0 Å². The van der Waals surface area contributed by atoms with Crippen molar-refractivity contribution >= 4 is 41.7 Å². The van der Waals surface area contributed by atoms with E-state index in [4.69, 9.17) is 4.43 Å². The first-order valence-electron chi connectivity index (χ1n) is 9.90. The Morgan fingerprint density at radius 1 is 1.14 bits per heavy atom. The van der Waals surface area contributed by atoms with Crippen LogP contribution >= 0.6 is 15.9 Å². The maximum absolute atomic E-state index is 13.2. The van der Waals surface area contributed by atoms with Gasteiger partial charge in [0, 0.05) is 11.1 Å². The second-order valence-electron chi connectivity index (χ2n) is 10.0. The van der Waals surface area contributed by atoms with Crippen molar-refractivity contribution in [2.24, 2.45) is 11.3 Å². The zero-order chi connectivity index (χ0) is 21.7. The van der Waals surface area contributed by atoms with Crippen molar-refractivity contribution in [1.29, 1.82) is 0 Å². The van der Waals surface area contributed by atoms with Gasteiger partial charge in [0.15, 0.2) is 8.32 Å². The van der Waals surface area contributed by atoms with Gasteiger partial charge in [-0.15, -0.1) is 0 Å². The predicted octanol–water partition coefficient (Wildman–Crippen LogP) is 5.99. The summed E-state index contributed by atoms with van der Waals surface area (Å²) in [4.78, 5) is 27.8. The fraction of sp³-hybridized carbons (Fsp3) is 0.636. The van der Waals surface area contributed by atoms with Crippen molar-refractivity contribution in [3.05, 3.63) is 27.7 Å². The van der Waals surface area contributed by atoms with Gasteiger partial charge >= 0.3 is 0 Å². The minimum Gasteiger partial charge on any atom is -0.417 e. The van der Waals surface area contributed by atoms with Crippen LogP contribution in [0, 0.1) is 25.2 Å². The van der Waals surface area contributed by atoms with E-state index in [1.807, 2.05) is 39.8 Å². The van der Waals surface area contributed by atoms with E-state index in [0.717, 1.165) is 15.6 Å². The number of hydrogen-bond donors (Lipinski definition) is 0. The molecule has 1 aromatic rings. The van der Waals surface area contributed by atoms with Crippen LogP contribution in [0.15, 0.2) is 16.6 Å². The van der Waals surface area contributed by atoms with Crippen molar-refractivity contribution in [3.8, 4) is 0 Å². The van der Waals surface area contributed by atoms with Gasteiger partial charge in [-0.05, 0) is 61.7 Å². The molecule has 1 atom stereocenters. The molecule has 1 aromatic carbocycles. The van der Waals surface area contributed by atoms with Crippen LogP contribution in [-0.2, 0) is 14.0 Å². The molecule has 0 spiro atoms. The van der Waals surface area contributed by atoms with Gasteiger partial charge in [-0.25, -0.2) is 4.90 Å². The van der Waals surface area contributed by atoms with Crippen LogP contribution in [0.4, 0.5) is 5.69 Å². The molecule has 4 nitrogen and oxygen atoms in total. The van der Waals surface area contributed by atoms with Crippen LogP contribution in [0.3, 0.4) is 0 Å². The molecule has 2 rings (SSSR count). The van der Waals surface area contributed by atoms with Gasteiger partial charge in [-0.1, -0.05) is 50.5 Å². The zero-order valence-electron chi connectivity index (χ0n) is 18.7. The molecule has 1 aliphatic heterocycles. The Labute approximate surface area is 179 Å². The molecule has 1 heterocycles. The maximum atomic E-state index is 13.2. The molecule has 1 aliphatic rings. The van der Waals surface area contributed by atoms with Crippen LogP contribution < -0.4 is 4.90 Å². The van der Waals surface area contributed by atoms with E-state index in [1.165, 1.54) is 4.90 Å². The number of amides is 2. The van der Waals surface area contributed by atoms with Crippen LogP contribution in [0.5, 0.6) is 0 Å². The highest BCUT2D eigenvalue weighted by atomic mass is 79.9. The Hall–Kier alpha value is -0.983. The summed E-state index contributed by atoms with van der Waals surface area (Å²) in [7, 11) is -1.88. The third-order valence-corrected chi connectivity index (χ3v) is 12.3. The number of anilines is 1. The molecule has 1 unspecified atom stereocenters. The van der Waals surface area contributed by atoms with Gasteiger partial charge in [-0.3, -0.25) is 9.59 Å². The highest BCUT2D eigenvalue weighted by Crippen LogP contribution is 2.43. The lowest BCUT2D eigenvalue weighted by Gasteiger charge is -2.36. The average Bonchev–Trinajstić information content (AvgIpc) is 2.70. The van der Waals surface area contributed by atoms with E-state index in [0.29, 0.717) is 18.7 Å². The molecule has 6 heteroatoms. The minimum absolute atomic E-state index is 0.116. The van der Waals surface area contributed by atoms with E-state index in [9.17, 15) is 9.59 Å². The highest BCUT2D eigenvalue weighted by molar-refractivity contribution is 9.10. The first-order chi connectivity index (χ1) is 12.6. The van der Waals surface area contributed by atoms with E-state index >= 15 is 0 Å². The second kappa shape index (κ2) is 7.69. The average molecular weight is 469 g/mol. The number of benzene rings is 1. The van der Waals surface area contributed by atoms with E-state index in [1.54, 1.807) is 0 Å². The summed E-state index contributed by atoms with van der Waals surface area (Å²) in [5.74, 6) is -0.611. The molecule has 0 aliphatic carbocycles. The third kappa shape index (κ3) is 4.14. The van der Waals surface area contributed by atoms with Crippen LogP contribution in [0.2, 0.25) is 18.1 Å². The van der Waals surface area contributed by atoms with Crippen molar-refractivity contribution < 1.29 is 14.0 Å². The molecule has 1 fully saturated rings. The van der Waals surface area contributed by atoms with Gasteiger partial charge in [-0.2, -0.15) is 0 Å². The first kappa shape index (κ1) is 23.3.